The predicted octanol–water partition coefficient (Wildman–Crippen LogP) is 8.52. The number of nitrogens with zero attached hydrogens (tertiary/aromatic N) is 7. The molecule has 9 nitrogen and oxygen atoms in total. The minimum Gasteiger partial charge on any atom is -0.337 e. The molecule has 2 saturated heterocycles. The second-order valence-electron chi connectivity index (χ2n) is 15.4. The molecule has 2 unspecified atom stereocenters. The van der Waals surface area contributed by atoms with Crippen LogP contribution in [0, 0.1) is 6.92 Å². The molecule has 0 radical (unpaired) electrons. The van der Waals surface area contributed by atoms with E-state index >= 15 is 0 Å². The largest absolute Gasteiger partial charge is 0.337 e. The van der Waals surface area contributed by atoms with E-state index in [2.05, 4.69) is 59.9 Å². The smallest absolute Gasteiger partial charge is 0.230 e. The van der Waals surface area contributed by atoms with E-state index < -0.39 is 0 Å². The third-order valence-corrected chi connectivity index (χ3v) is 10.9. The Balaban J connectivity index is 1.50. The van der Waals surface area contributed by atoms with Crippen LogP contribution < -0.4 is 9.80 Å². The second kappa shape index (κ2) is 15.3. The van der Waals surface area contributed by atoms with Crippen LogP contribution in [0.2, 0.25) is 0 Å². The van der Waals surface area contributed by atoms with E-state index in [1.165, 1.54) is 38.5 Å². The molecule has 6 rings (SSSR count). The van der Waals surface area contributed by atoms with Crippen molar-refractivity contribution in [2.75, 3.05) is 22.9 Å². The van der Waals surface area contributed by atoms with Gasteiger partial charge in [-0.25, -0.2) is 10.1 Å². The van der Waals surface area contributed by atoms with Gasteiger partial charge in [0.05, 0.1) is 29.1 Å². The average molecular weight is 648 g/mol. The summed E-state index contributed by atoms with van der Waals surface area (Å²) in [6, 6.07) is 0.362. The molecule has 0 spiro atoms. The Morgan fingerprint density at radius 3 is 1.89 bits per heavy atom. The number of unbranched alkanes of at least 4 members (excludes halogenated alkanes) is 2. The highest BCUT2D eigenvalue weighted by atomic mass is 16.7. The molecule has 2 atom stereocenters. The molecule has 0 N–H and O–H groups in total. The summed E-state index contributed by atoms with van der Waals surface area (Å²) in [6.45, 7) is 17.7. The summed E-state index contributed by atoms with van der Waals surface area (Å²) in [6.07, 6.45) is 20.2. The highest BCUT2D eigenvalue weighted by Crippen LogP contribution is 2.42. The van der Waals surface area contributed by atoms with Gasteiger partial charge in [-0.1, -0.05) is 77.5 Å². The Hall–Kier alpha value is -2.61. The maximum absolute atomic E-state index is 7.03. The van der Waals surface area contributed by atoms with E-state index in [-0.39, 0.29) is 29.8 Å². The van der Waals surface area contributed by atoms with Crippen LogP contribution in [0.1, 0.15) is 149 Å². The highest BCUT2D eigenvalue weighted by molar-refractivity contribution is 5.43. The van der Waals surface area contributed by atoms with Gasteiger partial charge in [-0.15, -0.1) is 0 Å². The van der Waals surface area contributed by atoms with Gasteiger partial charge in [-0.2, -0.15) is 15.0 Å². The Morgan fingerprint density at radius 2 is 1.30 bits per heavy atom. The summed E-state index contributed by atoms with van der Waals surface area (Å²) >= 11 is 0. The SMILES string of the molecule is C=C1CC2CC(=C=C3CC(CC(C)(C)N3OC3CCCCC3)N(CCCC)c3nc(C)nc(n3)N2CCCC)N1OC1CCCCC1. The standard InChI is InChI=1S/C38H61N7O2/c1-7-9-21-42-30-23-28(3)44(46-34-17-13-11-14-18-34)31(24-30)25-32-26-33(27-38(5,6)45(32)47-35-19-15-12-16-20-35)43(22-10-8-2)37-40-29(4)39-36(42)41-37/h30,33-35H,3,7-24,26-27H2,1-2,4-6H3. The van der Waals surface area contributed by atoms with Crippen LogP contribution in [0.25, 0.3) is 0 Å². The number of fused-ring (bicyclic) bond motifs is 6. The van der Waals surface area contributed by atoms with E-state index in [0.29, 0.717) is 0 Å². The second-order valence-corrected chi connectivity index (χ2v) is 15.4. The number of hydroxylamine groups is 4. The summed E-state index contributed by atoms with van der Waals surface area (Å²) in [7, 11) is 0. The fourth-order valence-electron chi connectivity index (χ4n) is 8.38. The molecule has 47 heavy (non-hydrogen) atoms. The lowest BCUT2D eigenvalue weighted by molar-refractivity contribution is -0.239. The first-order valence-corrected chi connectivity index (χ1v) is 19.1. The van der Waals surface area contributed by atoms with Crippen molar-refractivity contribution in [1.29, 1.82) is 0 Å². The van der Waals surface area contributed by atoms with E-state index in [1.807, 2.05) is 6.92 Å². The molecular formula is C38H61N7O2. The zero-order valence-electron chi connectivity index (χ0n) is 30.1. The first-order valence-electron chi connectivity index (χ1n) is 19.1. The Bertz CT molecular complexity index is 1290. The lowest BCUT2D eigenvalue weighted by Crippen LogP contribution is -2.56. The van der Waals surface area contributed by atoms with E-state index in [1.54, 1.807) is 0 Å². The Kier molecular flexibility index (Phi) is 11.2. The van der Waals surface area contributed by atoms with Crippen molar-refractivity contribution in [3.63, 3.8) is 0 Å². The Labute approximate surface area is 284 Å². The molecular weight excluding hydrogens is 586 g/mol. The quantitative estimate of drug-likeness (QED) is 0.232. The maximum atomic E-state index is 7.03. The van der Waals surface area contributed by atoms with Crippen LogP contribution in [-0.4, -0.2) is 68.0 Å². The molecule has 1 aromatic heterocycles. The number of aryl methyl sites for hydroxylation is 1. The summed E-state index contributed by atoms with van der Waals surface area (Å²) < 4.78 is 0. The van der Waals surface area contributed by atoms with Gasteiger partial charge in [0.25, 0.3) is 0 Å². The number of hydrogen-bond acceptors (Lipinski definition) is 9. The molecule has 4 heterocycles. The van der Waals surface area contributed by atoms with Gasteiger partial charge in [0.15, 0.2) is 0 Å². The van der Waals surface area contributed by atoms with Crippen molar-refractivity contribution >= 4 is 11.9 Å². The summed E-state index contributed by atoms with van der Waals surface area (Å²) in [5.41, 5.74) is 6.97. The van der Waals surface area contributed by atoms with Gasteiger partial charge in [-0.3, -0.25) is 9.68 Å². The van der Waals surface area contributed by atoms with Crippen molar-refractivity contribution in [2.45, 2.75) is 180 Å². The molecule has 3 aliphatic heterocycles. The van der Waals surface area contributed by atoms with Gasteiger partial charge in [0, 0.05) is 50.1 Å². The molecule has 0 aromatic carbocycles. The fourth-order valence-corrected chi connectivity index (χ4v) is 8.38. The zero-order valence-corrected chi connectivity index (χ0v) is 30.1. The average Bonchev–Trinajstić information content (AvgIpc) is 3.05. The molecule has 2 saturated carbocycles. The summed E-state index contributed by atoms with van der Waals surface area (Å²) in [4.78, 5) is 34.1. The van der Waals surface area contributed by atoms with E-state index in [0.717, 1.165) is 125 Å². The van der Waals surface area contributed by atoms with Gasteiger partial charge < -0.3 is 9.80 Å². The topological polar surface area (TPSA) is 70.1 Å². The maximum Gasteiger partial charge on any atom is 0.230 e. The number of piperidine rings is 2. The van der Waals surface area contributed by atoms with Crippen molar-refractivity contribution < 1.29 is 9.68 Å². The molecule has 4 fully saturated rings. The van der Waals surface area contributed by atoms with Crippen LogP contribution in [0.5, 0.6) is 0 Å². The van der Waals surface area contributed by atoms with Gasteiger partial charge in [-0.05, 0) is 65.7 Å². The number of hydrogen-bond donors (Lipinski definition) is 0. The summed E-state index contributed by atoms with van der Waals surface area (Å²) in [5.74, 6) is 2.39. The first-order chi connectivity index (χ1) is 22.8. The predicted molar refractivity (Wildman–Crippen MR) is 188 cm³/mol. The fraction of sp³-hybridized carbons (Fsp3) is 0.789. The van der Waals surface area contributed by atoms with Crippen molar-refractivity contribution in [3.05, 3.63) is 35.2 Å². The molecule has 9 heteroatoms. The zero-order chi connectivity index (χ0) is 33.0. The molecule has 2 aliphatic carbocycles. The van der Waals surface area contributed by atoms with Crippen LogP contribution in [-0.2, 0) is 9.68 Å². The molecule has 6 bridgehead atoms. The van der Waals surface area contributed by atoms with Crippen LogP contribution in [0.3, 0.4) is 0 Å². The number of aromatic nitrogens is 3. The first kappa shape index (κ1) is 34.3. The lowest BCUT2D eigenvalue weighted by atomic mass is 9.85. The third kappa shape index (κ3) is 8.00. The number of anilines is 2. The summed E-state index contributed by atoms with van der Waals surface area (Å²) in [5, 5.41) is 4.35. The van der Waals surface area contributed by atoms with Crippen LogP contribution in [0.4, 0.5) is 11.9 Å². The van der Waals surface area contributed by atoms with Crippen molar-refractivity contribution in [3.8, 4) is 0 Å². The van der Waals surface area contributed by atoms with E-state index in [9.17, 15) is 0 Å². The van der Waals surface area contributed by atoms with Gasteiger partial charge >= 0.3 is 0 Å². The molecule has 5 aliphatic rings. The molecule has 260 valence electrons. The van der Waals surface area contributed by atoms with Crippen molar-refractivity contribution in [1.82, 2.24) is 25.1 Å². The highest BCUT2D eigenvalue weighted by Gasteiger charge is 2.44. The minimum atomic E-state index is -0.240. The Morgan fingerprint density at radius 1 is 0.745 bits per heavy atom. The lowest BCUT2D eigenvalue weighted by Gasteiger charge is -2.50. The van der Waals surface area contributed by atoms with Crippen LogP contribution >= 0.6 is 0 Å². The normalized spacial score (nSPS) is 25.7. The number of rotatable bonds is 10. The van der Waals surface area contributed by atoms with Crippen LogP contribution in [0.15, 0.2) is 29.4 Å². The van der Waals surface area contributed by atoms with Crippen molar-refractivity contribution in [2.24, 2.45) is 0 Å². The van der Waals surface area contributed by atoms with Gasteiger partial charge in [0.1, 0.15) is 5.82 Å². The third-order valence-electron chi connectivity index (χ3n) is 10.9. The minimum absolute atomic E-state index is 0.154. The van der Waals surface area contributed by atoms with E-state index in [4.69, 9.17) is 24.6 Å². The van der Waals surface area contributed by atoms with Gasteiger partial charge in [0.2, 0.25) is 11.9 Å². The molecule has 1 aromatic rings. The monoisotopic (exact) mass is 647 g/mol. The molecule has 0 amide bonds.